The number of benzene rings is 10. The number of fused-ring (bicyclic) bond motifs is 4. The second-order valence-corrected chi connectivity index (χ2v) is 25.2. The number of hydrogen-bond donors (Lipinski definition) is 2. The molecule has 10 aromatic carbocycles. The molecule has 2 aromatic heterocycles. The summed E-state index contributed by atoms with van der Waals surface area (Å²) < 4.78 is 117. The van der Waals surface area contributed by atoms with Gasteiger partial charge in [-0.1, -0.05) is 170 Å². The maximum Gasteiger partial charge on any atom is 0.161 e. The average Bonchev–Trinajstić information content (AvgIpc) is 1.67. The number of phenolic OH excluding ortho intramolecular Hbond substituents is 1. The summed E-state index contributed by atoms with van der Waals surface area (Å²) >= 11 is 0. The Morgan fingerprint density at radius 1 is 0.485 bits per heavy atom. The minimum Gasteiger partial charge on any atom is -0.487 e. The smallest absolute Gasteiger partial charge is 0.161 e. The van der Waals surface area contributed by atoms with Crippen LogP contribution in [-0.4, -0.2) is 104 Å². The third-order valence-corrected chi connectivity index (χ3v) is 15.8. The van der Waals surface area contributed by atoms with Gasteiger partial charge in [-0.25, -0.2) is 4.98 Å². The van der Waals surface area contributed by atoms with Crippen molar-refractivity contribution in [2.24, 2.45) is 7.05 Å². The first-order valence-electron chi connectivity index (χ1n) is 32.9. The number of hydrogen-bond acceptors (Lipinski definition) is 13. The van der Waals surface area contributed by atoms with Crippen molar-refractivity contribution in [3.63, 3.8) is 0 Å². The van der Waals surface area contributed by atoms with Crippen LogP contribution >= 0.6 is 7.81 Å². The number of aryl methyl sites for hydroxylation is 1. The quantitative estimate of drug-likeness (QED) is 0.0487. The summed E-state index contributed by atoms with van der Waals surface area (Å²) in [5.74, 6) is 4.40. The molecule has 12 aromatic rings. The molecule has 0 aliphatic carbocycles. The van der Waals surface area contributed by atoms with Crippen LogP contribution in [0.1, 0.15) is 22.4 Å². The third kappa shape index (κ3) is 21.8. The third-order valence-electron chi connectivity index (χ3n) is 15.8. The number of phenols is 1. The Morgan fingerprint density at radius 3 is 1.39 bits per heavy atom. The fraction of sp³-hybridized carbons (Fsp3) is 0.218. The fourth-order valence-corrected chi connectivity index (χ4v) is 11.2. The van der Waals surface area contributed by atoms with E-state index in [1.165, 1.54) is 32.7 Å². The van der Waals surface area contributed by atoms with Gasteiger partial charge in [0.1, 0.15) is 57.3 Å². The van der Waals surface area contributed by atoms with Gasteiger partial charge < -0.3 is 53.1 Å². The van der Waals surface area contributed by atoms with Crippen molar-refractivity contribution in [1.82, 2.24) is 24.8 Å². The summed E-state index contributed by atoms with van der Waals surface area (Å²) in [5, 5.41) is 24.4. The van der Waals surface area contributed by atoms with Crippen LogP contribution in [0.3, 0.4) is 0 Å². The van der Waals surface area contributed by atoms with E-state index in [0.29, 0.717) is 140 Å². The van der Waals surface area contributed by atoms with Crippen LogP contribution in [0, 0.1) is 0 Å². The van der Waals surface area contributed by atoms with E-state index < -0.39 is 7.81 Å². The predicted molar refractivity (Wildman–Crippen MR) is 379 cm³/mol. The second-order valence-electron chi connectivity index (χ2n) is 23.2. The Bertz CT molecular complexity index is 4430. The molecule has 526 valence electrons. The van der Waals surface area contributed by atoms with Gasteiger partial charge in [0.25, 0.3) is 0 Å². The Balaban J connectivity index is 0.000000220. The first-order chi connectivity index (χ1) is 48.9. The van der Waals surface area contributed by atoms with E-state index in [0.717, 1.165) is 45.2 Å². The van der Waals surface area contributed by atoms with Crippen LogP contribution in [0.15, 0.2) is 243 Å². The second kappa shape index (κ2) is 33.7. The molecule has 0 spiro atoms. The number of ether oxygens (including phenoxy) is 9. The van der Waals surface area contributed by atoms with E-state index in [2.05, 4.69) is 131 Å². The Hall–Kier alpha value is -10.3. The number of aromatic nitrogens is 5. The number of imidazole rings is 1. The standard InChI is InChI=1S/C54H44N6O2.C24H32O8.F6P/c1-58-45(35-59(57-58)36-50-47-20-10-8-18-42(47)32-43-19-9-11-21-48(43)50)37-62-46-30-26-39(27-31-46)34-55-33-38-24-28-44(29-25-38)60-53(41-16-6-3-7-17-41)52(40-14-4-2-5-15-40)56-54(60)49-22-12-13-23-51(49)61;1-2-6-22-21(5-1)29-17-13-25-9-10-27-15-19-31-23-7-3-4-8-24(23)32-20-16-28-12-11-26-14-18-30-22;1-7(2,3,4,5)6/h2-32,35,55H,33-34,36-37H2,1H3;1-8H,9-20H2;/q;;-1/p+1. The van der Waals surface area contributed by atoms with E-state index in [1.807, 2.05) is 132 Å². The summed E-state index contributed by atoms with van der Waals surface area (Å²) in [6.07, 6.45) is 2.08. The molecular formula is C78H77F6N6O10P. The van der Waals surface area contributed by atoms with Crippen LogP contribution in [-0.2, 0) is 52.2 Å². The summed E-state index contributed by atoms with van der Waals surface area (Å²) in [6, 6.07) is 79.3. The molecule has 23 heteroatoms. The monoisotopic (exact) mass is 1400 g/mol. The molecule has 0 amide bonds. The van der Waals surface area contributed by atoms with Gasteiger partial charge in [0.15, 0.2) is 35.8 Å². The van der Waals surface area contributed by atoms with Crippen molar-refractivity contribution in [3.05, 3.63) is 265 Å². The van der Waals surface area contributed by atoms with Gasteiger partial charge in [0.2, 0.25) is 5.69 Å². The van der Waals surface area contributed by atoms with Gasteiger partial charge in [-0.3, -0.25) is 4.57 Å². The molecule has 0 unspecified atom stereocenters. The van der Waals surface area contributed by atoms with E-state index >= 15 is 0 Å². The van der Waals surface area contributed by atoms with E-state index in [1.54, 1.807) is 6.07 Å². The molecule has 101 heavy (non-hydrogen) atoms. The molecule has 0 saturated carbocycles. The zero-order chi connectivity index (χ0) is 70.3. The molecule has 0 bridgehead atoms. The maximum atomic E-state index is 11.0. The summed E-state index contributed by atoms with van der Waals surface area (Å²) in [6.45, 7) is 7.97. The fourth-order valence-electron chi connectivity index (χ4n) is 11.2. The number of para-hydroxylation sites is 5. The Kier molecular flexibility index (Phi) is 24.0. The molecule has 1 aliphatic heterocycles. The first kappa shape index (κ1) is 71.9. The number of nitrogens with one attached hydrogen (secondary N) is 1. The largest absolute Gasteiger partial charge is 0.487 e. The molecule has 3 heterocycles. The number of rotatable bonds is 13. The van der Waals surface area contributed by atoms with Gasteiger partial charge in [-0.2, -0.15) is 0 Å². The van der Waals surface area contributed by atoms with Crippen molar-refractivity contribution >= 4 is 29.4 Å². The van der Waals surface area contributed by atoms with Crippen LogP contribution in [0.25, 0.3) is 61.1 Å². The van der Waals surface area contributed by atoms with Gasteiger partial charge in [0, 0.05) is 35.5 Å². The van der Waals surface area contributed by atoms with Crippen molar-refractivity contribution in [2.45, 2.75) is 26.2 Å². The SMILES string of the molecule is Cn1n[n+](Cc2c3ccccc3cc3ccccc23)cc1COc1ccc(CNCc2ccc(-n3c(-c4ccccc4O)nc(-c4ccccc4)c3-c3ccccc3)cc2)cc1.F[P-](F)(F)(F)(F)F.c1ccc2c(c1)OCCOCCOCCOc1ccccc1OCCOCCOCCO2. The zero-order valence-electron chi connectivity index (χ0n) is 55.5. The van der Waals surface area contributed by atoms with Crippen molar-refractivity contribution in [2.75, 3.05) is 79.3 Å². The number of nitrogens with zero attached hydrogens (tertiary/aromatic N) is 5. The summed E-state index contributed by atoms with van der Waals surface area (Å²) in [7, 11) is -8.69. The van der Waals surface area contributed by atoms with Crippen molar-refractivity contribution in [3.8, 4) is 74.1 Å². The van der Waals surface area contributed by atoms with Gasteiger partial charge in [0.05, 0.1) is 75.0 Å². The predicted octanol–water partition coefficient (Wildman–Crippen LogP) is 17.2. The first-order valence-corrected chi connectivity index (χ1v) is 34.9. The Labute approximate surface area is 581 Å². The summed E-state index contributed by atoms with van der Waals surface area (Å²) in [4.78, 5) is 5.22. The molecule has 0 fully saturated rings. The molecule has 13 rings (SSSR count). The van der Waals surface area contributed by atoms with E-state index in [9.17, 15) is 30.3 Å². The van der Waals surface area contributed by atoms with Crippen molar-refractivity contribution in [1.29, 1.82) is 0 Å². The minimum atomic E-state index is -10.7. The van der Waals surface area contributed by atoms with Gasteiger partial charge in [-0.05, 0) is 99.4 Å². The van der Waals surface area contributed by atoms with E-state index in [4.69, 9.17) is 52.8 Å². The van der Waals surface area contributed by atoms with Crippen molar-refractivity contribution < 1.29 is 77.6 Å². The molecule has 0 radical (unpaired) electrons. The number of halogens is 6. The molecular weight excluding hydrogens is 1330 g/mol. The molecule has 1 aliphatic rings. The normalized spacial score (nSPS) is 14.4. The van der Waals surface area contributed by atoms with E-state index in [-0.39, 0.29) is 5.75 Å². The summed E-state index contributed by atoms with van der Waals surface area (Å²) in [5.41, 5.74) is 10.1. The molecule has 0 atom stereocenters. The van der Waals surface area contributed by atoms with Gasteiger partial charge in [-0.15, -0.1) is 9.36 Å². The van der Waals surface area contributed by atoms with Crippen LogP contribution in [0.4, 0.5) is 25.2 Å². The molecule has 2 N–H and O–H groups in total. The van der Waals surface area contributed by atoms with Gasteiger partial charge >= 0.3 is 33.0 Å². The zero-order valence-corrected chi connectivity index (χ0v) is 56.4. The minimum absolute atomic E-state index is 0.182. The van der Waals surface area contributed by atoms with Crippen LogP contribution in [0.5, 0.6) is 34.5 Å². The topological polar surface area (TPSA) is 155 Å². The maximum absolute atomic E-state index is 11.0. The number of aromatic hydroxyl groups is 1. The Morgan fingerprint density at radius 2 is 0.901 bits per heavy atom. The average molecular weight is 1400 g/mol. The molecule has 16 nitrogen and oxygen atoms in total. The van der Waals surface area contributed by atoms with Crippen LogP contribution < -0.4 is 33.7 Å². The molecule has 0 saturated heterocycles. The van der Waals surface area contributed by atoms with Crippen LogP contribution in [0.2, 0.25) is 0 Å².